The normalized spacial score (nSPS) is 34.0. The van der Waals surface area contributed by atoms with E-state index in [1.54, 1.807) is 18.2 Å². The maximum atomic E-state index is 13.4. The molecule has 0 unspecified atom stereocenters. The van der Waals surface area contributed by atoms with Gasteiger partial charge in [0.15, 0.2) is 18.4 Å². The molecule has 3 saturated carbocycles. The SMILES string of the molecule is C[C@]12CCC(=O)C=C1CC[C@@H]1[C@@H]2CC[C@@]2(C)[C@H]1CC[C@]2(O)C(=O)COC(=O)CCC(=O)N[C@@H](C(=O)O)[C@@H](O)c1ccccc1. The number of carboxylic acids is 1. The molecule has 238 valence electrons. The summed E-state index contributed by atoms with van der Waals surface area (Å²) in [6, 6.07) is 6.44. The number of hydrogen-bond donors (Lipinski definition) is 4. The average Bonchev–Trinajstić information content (AvgIpc) is 3.29. The van der Waals surface area contributed by atoms with Crippen LogP contribution in [0.3, 0.4) is 0 Å². The first-order valence-corrected chi connectivity index (χ1v) is 15.7. The second-order valence-electron chi connectivity index (χ2n) is 13.6. The molecule has 0 aromatic heterocycles. The van der Waals surface area contributed by atoms with Crippen molar-refractivity contribution in [3.8, 4) is 0 Å². The number of carbonyl (C=O) groups is 5. The Kier molecular flexibility index (Phi) is 8.88. The Morgan fingerprint density at radius 1 is 0.977 bits per heavy atom. The number of aliphatic hydroxyl groups excluding tert-OH is 1. The van der Waals surface area contributed by atoms with Gasteiger partial charge >= 0.3 is 11.9 Å². The van der Waals surface area contributed by atoms with Crippen molar-refractivity contribution in [1.82, 2.24) is 5.32 Å². The third-order valence-corrected chi connectivity index (χ3v) is 11.5. The van der Waals surface area contributed by atoms with Crippen molar-refractivity contribution in [1.29, 1.82) is 0 Å². The summed E-state index contributed by atoms with van der Waals surface area (Å²) in [6.07, 6.45) is 5.34. The average molecular weight is 610 g/mol. The number of nitrogens with one attached hydrogen (secondary N) is 1. The van der Waals surface area contributed by atoms with Gasteiger partial charge in [-0.1, -0.05) is 49.8 Å². The van der Waals surface area contributed by atoms with E-state index in [-0.39, 0.29) is 17.1 Å². The van der Waals surface area contributed by atoms with Crippen LogP contribution in [0.5, 0.6) is 0 Å². The van der Waals surface area contributed by atoms with Crippen molar-refractivity contribution in [3.05, 3.63) is 47.5 Å². The molecule has 0 heterocycles. The number of ether oxygens (including phenoxy) is 1. The topological polar surface area (TPSA) is 167 Å². The highest BCUT2D eigenvalue weighted by Gasteiger charge is 2.66. The van der Waals surface area contributed by atoms with E-state index in [0.717, 1.165) is 25.7 Å². The van der Waals surface area contributed by atoms with Gasteiger partial charge in [0.25, 0.3) is 0 Å². The molecule has 0 aliphatic heterocycles. The van der Waals surface area contributed by atoms with E-state index in [9.17, 15) is 39.3 Å². The van der Waals surface area contributed by atoms with Gasteiger partial charge in [-0.15, -0.1) is 0 Å². The van der Waals surface area contributed by atoms with Crippen molar-refractivity contribution >= 4 is 29.4 Å². The maximum Gasteiger partial charge on any atom is 0.329 e. The van der Waals surface area contributed by atoms with Crippen LogP contribution < -0.4 is 5.32 Å². The summed E-state index contributed by atoms with van der Waals surface area (Å²) in [7, 11) is 0. The van der Waals surface area contributed by atoms with Crippen molar-refractivity contribution < 1.29 is 44.0 Å². The third-order valence-electron chi connectivity index (χ3n) is 11.5. The van der Waals surface area contributed by atoms with E-state index < -0.39 is 66.2 Å². The molecule has 1 aromatic rings. The van der Waals surface area contributed by atoms with Crippen LogP contribution in [-0.2, 0) is 28.7 Å². The molecular weight excluding hydrogens is 566 g/mol. The van der Waals surface area contributed by atoms with Crippen molar-refractivity contribution in [2.45, 2.75) is 95.8 Å². The van der Waals surface area contributed by atoms with Gasteiger partial charge in [0.1, 0.15) is 11.7 Å². The molecule has 0 radical (unpaired) electrons. The lowest BCUT2D eigenvalue weighted by atomic mass is 9.46. The first kappa shape index (κ1) is 32.0. The van der Waals surface area contributed by atoms with E-state index in [2.05, 4.69) is 12.2 Å². The minimum atomic E-state index is -1.62. The van der Waals surface area contributed by atoms with Crippen LogP contribution in [0, 0.1) is 28.6 Å². The number of carbonyl (C=O) groups excluding carboxylic acids is 4. The number of benzene rings is 1. The minimum Gasteiger partial charge on any atom is -0.480 e. The number of Topliss-reactive ketones (excluding diaryl/α,β-unsaturated/α-hetero) is 1. The second kappa shape index (κ2) is 12.2. The zero-order chi connectivity index (χ0) is 31.9. The maximum absolute atomic E-state index is 13.4. The van der Waals surface area contributed by atoms with Gasteiger partial charge in [-0.3, -0.25) is 19.2 Å². The van der Waals surface area contributed by atoms with E-state index in [4.69, 9.17) is 4.74 Å². The first-order valence-electron chi connectivity index (χ1n) is 15.7. The van der Waals surface area contributed by atoms with E-state index in [1.807, 2.05) is 13.0 Å². The minimum absolute atomic E-state index is 0.0190. The van der Waals surface area contributed by atoms with Gasteiger partial charge in [-0.05, 0) is 79.8 Å². The van der Waals surface area contributed by atoms with Gasteiger partial charge in [0, 0.05) is 18.3 Å². The first-order chi connectivity index (χ1) is 20.8. The molecule has 1 aromatic carbocycles. The molecule has 3 fully saturated rings. The Morgan fingerprint density at radius 2 is 1.68 bits per heavy atom. The van der Waals surface area contributed by atoms with Crippen LogP contribution in [0.4, 0.5) is 0 Å². The van der Waals surface area contributed by atoms with Crippen LogP contribution in [-0.4, -0.2) is 63.0 Å². The standard InChI is InChI=1S/C34H43NO9/c1-32-15-12-22(36)18-21(32)8-9-23-24(32)13-16-33(2)25(23)14-17-34(33,43)26(37)19-44-28(39)11-10-27(38)35-29(31(41)42)30(40)20-6-4-3-5-7-20/h3-7,18,23-25,29-30,40,43H,8-17,19H2,1-2H3,(H,35,38)(H,41,42)/t23-,24+,25+,29-,30+,32+,33+,34+/m1/s1. The van der Waals surface area contributed by atoms with E-state index >= 15 is 0 Å². The summed E-state index contributed by atoms with van der Waals surface area (Å²) in [4.78, 5) is 62.1. The van der Waals surface area contributed by atoms with Crippen LogP contribution in [0.2, 0.25) is 0 Å². The fraction of sp³-hybridized carbons (Fsp3) is 0.618. The van der Waals surface area contributed by atoms with Crippen LogP contribution >= 0.6 is 0 Å². The Morgan fingerprint density at radius 3 is 2.39 bits per heavy atom. The number of fused-ring (bicyclic) bond motifs is 5. The number of carboxylic acid groups (broad SMARTS) is 1. The van der Waals surface area contributed by atoms with Gasteiger partial charge in [0.2, 0.25) is 11.7 Å². The zero-order valence-electron chi connectivity index (χ0n) is 25.4. The predicted octanol–water partition coefficient (Wildman–Crippen LogP) is 3.44. The fourth-order valence-corrected chi connectivity index (χ4v) is 8.95. The Labute approximate surface area is 257 Å². The van der Waals surface area contributed by atoms with Crippen LogP contribution in [0.25, 0.3) is 0 Å². The number of aliphatic hydroxyl groups is 2. The van der Waals surface area contributed by atoms with Gasteiger partial charge in [0.05, 0.1) is 6.42 Å². The Balaban J connectivity index is 1.14. The van der Waals surface area contributed by atoms with Gasteiger partial charge < -0.3 is 25.4 Å². The summed E-state index contributed by atoms with van der Waals surface area (Å²) in [5.41, 5.74) is -0.714. The lowest BCUT2D eigenvalue weighted by molar-refractivity contribution is -0.170. The molecular formula is C34H43NO9. The van der Waals surface area contributed by atoms with Gasteiger partial charge in [-0.2, -0.15) is 0 Å². The van der Waals surface area contributed by atoms with E-state index in [0.29, 0.717) is 43.1 Å². The molecule has 10 nitrogen and oxygen atoms in total. The van der Waals surface area contributed by atoms with Crippen LogP contribution in [0.15, 0.2) is 42.0 Å². The summed E-state index contributed by atoms with van der Waals surface area (Å²) >= 11 is 0. The fourth-order valence-electron chi connectivity index (χ4n) is 8.95. The number of hydrogen-bond acceptors (Lipinski definition) is 8. The van der Waals surface area contributed by atoms with Crippen molar-refractivity contribution in [3.63, 3.8) is 0 Å². The number of esters is 1. The highest BCUT2D eigenvalue weighted by molar-refractivity contribution is 5.92. The van der Waals surface area contributed by atoms with Crippen molar-refractivity contribution in [2.75, 3.05) is 6.61 Å². The molecule has 44 heavy (non-hydrogen) atoms. The lowest BCUT2D eigenvalue weighted by Crippen LogP contribution is -2.58. The molecule has 0 bridgehead atoms. The molecule has 1 amide bonds. The quantitative estimate of drug-likeness (QED) is 0.291. The number of aliphatic carboxylic acids is 1. The molecule has 4 N–H and O–H groups in total. The summed E-state index contributed by atoms with van der Waals surface area (Å²) in [5, 5.41) is 34.0. The molecule has 4 aliphatic carbocycles. The highest BCUT2D eigenvalue weighted by atomic mass is 16.5. The Hall–Kier alpha value is -3.37. The summed E-state index contributed by atoms with van der Waals surface area (Å²) in [6.45, 7) is 3.67. The molecule has 0 saturated heterocycles. The molecule has 8 atom stereocenters. The molecule has 4 aliphatic rings. The number of ketones is 2. The predicted molar refractivity (Wildman–Crippen MR) is 158 cm³/mol. The molecule has 0 spiro atoms. The molecule has 10 heteroatoms. The van der Waals surface area contributed by atoms with Crippen molar-refractivity contribution in [2.24, 2.45) is 28.6 Å². The monoisotopic (exact) mass is 609 g/mol. The van der Waals surface area contributed by atoms with E-state index in [1.165, 1.54) is 17.7 Å². The smallest absolute Gasteiger partial charge is 0.329 e. The number of allylic oxidation sites excluding steroid dienone is 1. The third kappa shape index (κ3) is 5.62. The largest absolute Gasteiger partial charge is 0.480 e. The number of amides is 1. The lowest BCUT2D eigenvalue weighted by Gasteiger charge is -2.58. The second-order valence-corrected chi connectivity index (χ2v) is 13.6. The molecule has 5 rings (SSSR count). The zero-order valence-corrected chi connectivity index (χ0v) is 25.4. The number of rotatable bonds is 10. The van der Waals surface area contributed by atoms with Crippen LogP contribution in [0.1, 0.15) is 89.7 Å². The summed E-state index contributed by atoms with van der Waals surface area (Å²) < 4.78 is 5.20. The Bertz CT molecular complexity index is 1360. The summed E-state index contributed by atoms with van der Waals surface area (Å²) in [5.74, 6) is -2.44. The van der Waals surface area contributed by atoms with Gasteiger partial charge in [-0.25, -0.2) is 4.79 Å². The highest BCUT2D eigenvalue weighted by Crippen LogP contribution is 2.67.